The summed E-state index contributed by atoms with van der Waals surface area (Å²) < 4.78 is 0. The quantitative estimate of drug-likeness (QED) is 0.812. The summed E-state index contributed by atoms with van der Waals surface area (Å²) in [5.74, 6) is 0. The molecule has 1 unspecified atom stereocenters. The Hall–Kier alpha value is -1.07. The summed E-state index contributed by atoms with van der Waals surface area (Å²) in [6.07, 6.45) is 1.01. The highest BCUT2D eigenvalue weighted by molar-refractivity contribution is 7.10. The highest BCUT2D eigenvalue weighted by Crippen LogP contribution is 2.30. The summed E-state index contributed by atoms with van der Waals surface area (Å²) in [5.41, 5.74) is 0. The fourth-order valence-electron chi connectivity index (χ4n) is 2.16. The van der Waals surface area contributed by atoms with E-state index in [2.05, 4.69) is 16.8 Å². The second-order valence-electron chi connectivity index (χ2n) is 4.33. The molecule has 1 atom stereocenters. The van der Waals surface area contributed by atoms with Gasteiger partial charge in [-0.3, -0.25) is 0 Å². The predicted molar refractivity (Wildman–Crippen MR) is 70.3 cm³/mol. The Morgan fingerprint density at radius 3 is 3.06 bits per heavy atom. The first-order valence-corrected chi connectivity index (χ1v) is 6.81. The minimum absolute atomic E-state index is 0.152. The Morgan fingerprint density at radius 1 is 1.59 bits per heavy atom. The maximum absolute atomic E-state index is 12.0. The molecule has 2 amide bonds. The molecular formula is C12H19N3OS. The fourth-order valence-corrected chi connectivity index (χ4v) is 3.02. The molecule has 17 heavy (non-hydrogen) atoms. The number of carbonyl (C=O) groups excluding carboxylic acids is 1. The summed E-state index contributed by atoms with van der Waals surface area (Å²) in [6, 6.07) is 4.54. The molecule has 94 valence electrons. The highest BCUT2D eigenvalue weighted by Gasteiger charge is 2.35. The van der Waals surface area contributed by atoms with Crippen LogP contribution in [0, 0.1) is 0 Å². The number of hydrogen-bond donors (Lipinski definition) is 1. The monoisotopic (exact) mass is 253 g/mol. The number of carbonyl (C=O) groups is 1. The average molecular weight is 253 g/mol. The van der Waals surface area contributed by atoms with Crippen molar-refractivity contribution in [2.45, 2.75) is 12.5 Å². The van der Waals surface area contributed by atoms with Gasteiger partial charge in [0.15, 0.2) is 0 Å². The van der Waals surface area contributed by atoms with Crippen LogP contribution in [0.2, 0.25) is 0 Å². The number of thiophene rings is 1. The zero-order valence-electron chi connectivity index (χ0n) is 10.3. The number of likely N-dealkylation sites (N-methyl/N-ethyl adjacent to an activating group) is 1. The predicted octanol–water partition coefficient (Wildman–Crippen LogP) is 1.77. The normalized spacial score (nSPS) is 20.4. The zero-order valence-corrected chi connectivity index (χ0v) is 11.2. The van der Waals surface area contributed by atoms with Gasteiger partial charge in [-0.25, -0.2) is 4.79 Å². The summed E-state index contributed by atoms with van der Waals surface area (Å²) in [7, 11) is 3.83. The van der Waals surface area contributed by atoms with Crippen LogP contribution in [0.5, 0.6) is 0 Å². The lowest BCUT2D eigenvalue weighted by molar-refractivity contribution is 0.195. The van der Waals surface area contributed by atoms with E-state index in [9.17, 15) is 4.79 Å². The van der Waals surface area contributed by atoms with E-state index < -0.39 is 0 Å². The molecule has 4 nitrogen and oxygen atoms in total. The van der Waals surface area contributed by atoms with Gasteiger partial charge >= 0.3 is 6.03 Å². The van der Waals surface area contributed by atoms with Crippen LogP contribution in [0.3, 0.4) is 0 Å². The topological polar surface area (TPSA) is 35.6 Å². The van der Waals surface area contributed by atoms with Crippen molar-refractivity contribution in [3.05, 3.63) is 22.4 Å². The maximum Gasteiger partial charge on any atom is 0.320 e. The lowest BCUT2D eigenvalue weighted by Crippen LogP contribution is -2.31. The van der Waals surface area contributed by atoms with Crippen LogP contribution >= 0.6 is 11.3 Å². The molecule has 1 saturated heterocycles. The van der Waals surface area contributed by atoms with E-state index in [1.54, 1.807) is 11.3 Å². The standard InChI is InChI=1S/C12H19N3OS/c1-13-6-4-7-15-9-10(14(2)12(15)16)11-5-3-8-17-11/h3,5,8,10,13H,4,6-7,9H2,1-2H3. The van der Waals surface area contributed by atoms with Crippen molar-refractivity contribution in [2.75, 3.05) is 33.7 Å². The molecule has 1 aliphatic heterocycles. The van der Waals surface area contributed by atoms with Gasteiger partial charge in [0.25, 0.3) is 0 Å². The third-order valence-electron chi connectivity index (χ3n) is 3.16. The van der Waals surface area contributed by atoms with Crippen LogP contribution < -0.4 is 5.32 Å². The molecule has 5 heteroatoms. The van der Waals surface area contributed by atoms with Gasteiger partial charge in [-0.15, -0.1) is 11.3 Å². The van der Waals surface area contributed by atoms with Crippen molar-refractivity contribution in [3.63, 3.8) is 0 Å². The number of hydrogen-bond acceptors (Lipinski definition) is 3. The number of rotatable bonds is 5. The third-order valence-corrected chi connectivity index (χ3v) is 4.13. The molecule has 0 aliphatic carbocycles. The first-order chi connectivity index (χ1) is 8.24. The van der Waals surface area contributed by atoms with Crippen LogP contribution in [0.4, 0.5) is 4.79 Å². The Morgan fingerprint density at radius 2 is 2.41 bits per heavy atom. The average Bonchev–Trinajstić information content (AvgIpc) is 2.93. The molecule has 2 heterocycles. The second-order valence-corrected chi connectivity index (χ2v) is 5.31. The Kier molecular flexibility index (Phi) is 4.02. The number of amides is 2. The van der Waals surface area contributed by atoms with Gasteiger partial charge in [0, 0.05) is 25.0 Å². The Labute approximate surface area is 106 Å². The molecular weight excluding hydrogens is 234 g/mol. The van der Waals surface area contributed by atoms with Gasteiger partial charge in [0.1, 0.15) is 0 Å². The Bertz CT molecular complexity index is 366. The SMILES string of the molecule is CNCCCN1CC(c2cccs2)N(C)C1=O. The lowest BCUT2D eigenvalue weighted by Gasteiger charge is -2.16. The molecule has 1 aromatic rings. The number of nitrogens with one attached hydrogen (secondary N) is 1. The first kappa shape index (κ1) is 12.4. The van der Waals surface area contributed by atoms with Gasteiger partial charge in [0.2, 0.25) is 0 Å². The molecule has 0 saturated carbocycles. The Balaban J connectivity index is 1.97. The molecule has 0 radical (unpaired) electrons. The van der Waals surface area contributed by atoms with Gasteiger partial charge in [-0.1, -0.05) is 6.07 Å². The molecule has 2 rings (SSSR count). The molecule has 1 aliphatic rings. The van der Waals surface area contributed by atoms with E-state index in [0.717, 1.165) is 26.1 Å². The highest BCUT2D eigenvalue weighted by atomic mass is 32.1. The van der Waals surface area contributed by atoms with E-state index in [0.29, 0.717) is 0 Å². The summed E-state index contributed by atoms with van der Waals surface area (Å²) in [6.45, 7) is 2.61. The third kappa shape index (κ3) is 2.61. The molecule has 0 aromatic carbocycles. The zero-order chi connectivity index (χ0) is 12.3. The van der Waals surface area contributed by atoms with Crippen LogP contribution in [0.25, 0.3) is 0 Å². The van der Waals surface area contributed by atoms with Gasteiger partial charge in [-0.05, 0) is 31.5 Å². The van der Waals surface area contributed by atoms with E-state index >= 15 is 0 Å². The molecule has 1 fully saturated rings. The van der Waals surface area contributed by atoms with Gasteiger partial charge in [0.05, 0.1) is 6.04 Å². The smallest absolute Gasteiger partial charge is 0.320 e. The van der Waals surface area contributed by atoms with Crippen molar-refractivity contribution >= 4 is 17.4 Å². The molecule has 1 N–H and O–H groups in total. The van der Waals surface area contributed by atoms with E-state index in [-0.39, 0.29) is 12.1 Å². The van der Waals surface area contributed by atoms with Crippen molar-refractivity contribution in [1.82, 2.24) is 15.1 Å². The maximum atomic E-state index is 12.0. The van der Waals surface area contributed by atoms with E-state index in [4.69, 9.17) is 0 Å². The van der Waals surface area contributed by atoms with E-state index in [1.807, 2.05) is 30.0 Å². The fraction of sp³-hybridized carbons (Fsp3) is 0.583. The van der Waals surface area contributed by atoms with Gasteiger partial charge < -0.3 is 15.1 Å². The lowest BCUT2D eigenvalue weighted by atomic mass is 10.2. The van der Waals surface area contributed by atoms with Crippen LogP contribution in [0.1, 0.15) is 17.3 Å². The van der Waals surface area contributed by atoms with Crippen molar-refractivity contribution in [3.8, 4) is 0 Å². The molecule has 0 bridgehead atoms. The minimum atomic E-state index is 0.152. The second kappa shape index (κ2) is 5.51. The number of urea groups is 1. The number of nitrogens with zero attached hydrogens (tertiary/aromatic N) is 2. The largest absolute Gasteiger partial charge is 0.322 e. The van der Waals surface area contributed by atoms with Crippen LogP contribution in [0.15, 0.2) is 17.5 Å². The summed E-state index contributed by atoms with van der Waals surface area (Å²) in [5, 5.41) is 5.17. The molecule has 1 aromatic heterocycles. The van der Waals surface area contributed by atoms with Crippen molar-refractivity contribution in [1.29, 1.82) is 0 Å². The molecule has 0 spiro atoms. The van der Waals surface area contributed by atoms with Crippen LogP contribution in [-0.4, -0.2) is 49.6 Å². The van der Waals surface area contributed by atoms with Crippen molar-refractivity contribution < 1.29 is 4.79 Å². The summed E-state index contributed by atoms with van der Waals surface area (Å²) in [4.78, 5) is 17.1. The summed E-state index contributed by atoms with van der Waals surface area (Å²) >= 11 is 1.72. The first-order valence-electron chi connectivity index (χ1n) is 5.93. The van der Waals surface area contributed by atoms with E-state index in [1.165, 1.54) is 4.88 Å². The van der Waals surface area contributed by atoms with Gasteiger partial charge in [-0.2, -0.15) is 0 Å². The minimum Gasteiger partial charge on any atom is -0.322 e. The van der Waals surface area contributed by atoms with Crippen molar-refractivity contribution in [2.24, 2.45) is 0 Å². The van der Waals surface area contributed by atoms with Crippen LogP contribution in [-0.2, 0) is 0 Å².